The van der Waals surface area contributed by atoms with E-state index in [0.717, 1.165) is 103 Å². The first kappa shape index (κ1) is 59.9. The smallest absolute Gasteiger partial charge is 0.306 e. The molecule has 0 aliphatic heterocycles. The maximum Gasteiger partial charge on any atom is 0.306 e. The van der Waals surface area contributed by atoms with Gasteiger partial charge in [-0.1, -0.05) is 137 Å². The fourth-order valence-electron chi connectivity index (χ4n) is 7.30. The summed E-state index contributed by atoms with van der Waals surface area (Å²) in [5, 5.41) is 0. The molecule has 0 heterocycles. The van der Waals surface area contributed by atoms with Gasteiger partial charge in [0.15, 0.2) is 5.78 Å². The van der Waals surface area contributed by atoms with Crippen molar-refractivity contribution in [2.75, 3.05) is 85.9 Å². The van der Waals surface area contributed by atoms with Crippen LogP contribution in [0.25, 0.3) is 0 Å². The average molecular weight is 873 g/mol. The first-order valence-corrected chi connectivity index (χ1v) is 25.8. The zero-order valence-corrected chi connectivity index (χ0v) is 40.8. The molecule has 0 N–H and O–H groups in total. The SMILES string of the molecule is CCCCCCC(CCCC)COCC(=O)CCCCCCCOC(COCCCCCCCC(=O)OC(CCCC)CCCCCC)COCCOCCOCCOCC. The molecular formula is C51H100O10. The van der Waals surface area contributed by atoms with Gasteiger partial charge in [0.05, 0.1) is 52.9 Å². The summed E-state index contributed by atoms with van der Waals surface area (Å²) in [6, 6.07) is 0. The zero-order chi connectivity index (χ0) is 44.5. The quantitative estimate of drug-likeness (QED) is 0.0433. The largest absolute Gasteiger partial charge is 0.462 e. The molecule has 0 fully saturated rings. The van der Waals surface area contributed by atoms with E-state index in [9.17, 15) is 9.59 Å². The van der Waals surface area contributed by atoms with E-state index in [1.807, 2.05) is 6.92 Å². The Kier molecular flexibility index (Phi) is 48.9. The van der Waals surface area contributed by atoms with Gasteiger partial charge in [0, 0.05) is 39.3 Å². The van der Waals surface area contributed by atoms with E-state index in [-0.39, 0.29) is 30.6 Å². The Balaban J connectivity index is 4.33. The van der Waals surface area contributed by atoms with Gasteiger partial charge in [-0.15, -0.1) is 0 Å². The van der Waals surface area contributed by atoms with Crippen molar-refractivity contribution in [2.45, 2.75) is 227 Å². The van der Waals surface area contributed by atoms with Gasteiger partial charge in [0.25, 0.3) is 0 Å². The summed E-state index contributed by atoms with van der Waals surface area (Å²) in [5.41, 5.74) is 0. The van der Waals surface area contributed by atoms with E-state index >= 15 is 0 Å². The van der Waals surface area contributed by atoms with Gasteiger partial charge >= 0.3 is 5.97 Å². The van der Waals surface area contributed by atoms with Crippen molar-refractivity contribution < 1.29 is 47.5 Å². The van der Waals surface area contributed by atoms with Crippen LogP contribution < -0.4 is 0 Å². The molecule has 3 atom stereocenters. The lowest BCUT2D eigenvalue weighted by Crippen LogP contribution is -2.27. The van der Waals surface area contributed by atoms with Gasteiger partial charge in [-0.25, -0.2) is 0 Å². The summed E-state index contributed by atoms with van der Waals surface area (Å²) in [4.78, 5) is 25.0. The highest BCUT2D eigenvalue weighted by Crippen LogP contribution is 2.19. The minimum Gasteiger partial charge on any atom is -0.462 e. The Morgan fingerprint density at radius 1 is 0.377 bits per heavy atom. The Hall–Kier alpha value is -1.14. The Labute approximate surface area is 376 Å². The van der Waals surface area contributed by atoms with Crippen LogP contribution in [0, 0.1) is 5.92 Å². The summed E-state index contributed by atoms with van der Waals surface area (Å²) in [6.07, 6.45) is 30.5. The van der Waals surface area contributed by atoms with Crippen molar-refractivity contribution in [1.29, 1.82) is 0 Å². The van der Waals surface area contributed by atoms with Gasteiger partial charge in [-0.05, 0) is 70.6 Å². The van der Waals surface area contributed by atoms with Crippen LogP contribution in [0.5, 0.6) is 0 Å². The Morgan fingerprint density at radius 2 is 0.852 bits per heavy atom. The summed E-state index contributed by atoms with van der Waals surface area (Å²) in [6.45, 7) is 18.2. The second kappa shape index (κ2) is 49.9. The second-order valence-corrected chi connectivity index (χ2v) is 17.1. The predicted octanol–water partition coefficient (Wildman–Crippen LogP) is 12.6. The molecule has 364 valence electrons. The summed E-state index contributed by atoms with van der Waals surface area (Å²) in [5.74, 6) is 0.804. The lowest BCUT2D eigenvalue weighted by Gasteiger charge is -2.18. The highest BCUT2D eigenvalue weighted by atomic mass is 16.6. The molecule has 0 saturated heterocycles. The first-order valence-electron chi connectivity index (χ1n) is 25.8. The maximum absolute atomic E-state index is 12.5. The Morgan fingerprint density at radius 3 is 1.49 bits per heavy atom. The van der Waals surface area contributed by atoms with Crippen LogP contribution in [0.15, 0.2) is 0 Å². The molecule has 61 heavy (non-hydrogen) atoms. The zero-order valence-electron chi connectivity index (χ0n) is 40.8. The molecule has 0 amide bonds. The topological polar surface area (TPSA) is 108 Å². The van der Waals surface area contributed by atoms with Gasteiger partial charge < -0.3 is 37.9 Å². The molecule has 10 nitrogen and oxygen atoms in total. The fourth-order valence-corrected chi connectivity index (χ4v) is 7.30. The van der Waals surface area contributed by atoms with E-state index in [0.29, 0.717) is 91.4 Å². The normalized spacial score (nSPS) is 13.1. The minimum atomic E-state index is -0.128. The molecule has 0 aliphatic rings. The lowest BCUT2D eigenvalue weighted by atomic mass is 9.96. The van der Waals surface area contributed by atoms with E-state index in [1.54, 1.807) is 0 Å². The lowest BCUT2D eigenvalue weighted by molar-refractivity contribution is -0.150. The van der Waals surface area contributed by atoms with Crippen LogP contribution >= 0.6 is 0 Å². The minimum absolute atomic E-state index is 0.0237. The molecule has 0 aromatic heterocycles. The van der Waals surface area contributed by atoms with E-state index in [1.165, 1.54) is 70.6 Å². The second-order valence-electron chi connectivity index (χ2n) is 17.1. The number of ether oxygens (including phenoxy) is 8. The highest BCUT2D eigenvalue weighted by molar-refractivity contribution is 5.79. The number of hydrogen-bond donors (Lipinski definition) is 0. The summed E-state index contributed by atoms with van der Waals surface area (Å²) in [7, 11) is 0. The summed E-state index contributed by atoms with van der Waals surface area (Å²) < 4.78 is 46.4. The van der Waals surface area contributed by atoms with Gasteiger partial charge in [-0.2, -0.15) is 0 Å². The first-order chi connectivity index (χ1) is 30.0. The summed E-state index contributed by atoms with van der Waals surface area (Å²) >= 11 is 0. The third-order valence-corrected chi connectivity index (χ3v) is 11.2. The molecule has 10 heteroatoms. The standard InChI is InChI=1S/C51H100O10/c1-6-11-15-23-30-47(29-13-8-3)43-59-44-48(52)31-24-19-17-22-28-36-60-50(46-58-42-41-56-40-39-55-38-37-54-10-5)45-57-35-27-21-18-20-26-34-51(53)61-49(32-14-9-4)33-25-16-12-7-2/h47,49-50H,6-46H2,1-5H3. The molecule has 0 aromatic carbocycles. The molecule has 0 radical (unpaired) electrons. The molecule has 0 aliphatic carbocycles. The molecule has 0 bridgehead atoms. The monoisotopic (exact) mass is 873 g/mol. The van der Waals surface area contributed by atoms with Crippen LogP contribution in [-0.2, 0) is 47.5 Å². The van der Waals surface area contributed by atoms with E-state index in [2.05, 4.69) is 27.7 Å². The number of carbonyl (C=O) groups excluding carboxylic acids is 2. The van der Waals surface area contributed by atoms with Crippen molar-refractivity contribution in [3.63, 3.8) is 0 Å². The molecular weight excluding hydrogens is 773 g/mol. The van der Waals surface area contributed by atoms with Crippen LogP contribution in [0.4, 0.5) is 0 Å². The van der Waals surface area contributed by atoms with Crippen LogP contribution in [0.3, 0.4) is 0 Å². The van der Waals surface area contributed by atoms with Crippen molar-refractivity contribution in [3.8, 4) is 0 Å². The van der Waals surface area contributed by atoms with Crippen molar-refractivity contribution in [1.82, 2.24) is 0 Å². The molecule has 0 rings (SSSR count). The third kappa shape index (κ3) is 45.2. The average Bonchev–Trinajstić information content (AvgIpc) is 3.26. The third-order valence-electron chi connectivity index (χ3n) is 11.2. The highest BCUT2D eigenvalue weighted by Gasteiger charge is 2.15. The number of esters is 1. The Bertz CT molecular complexity index is 889. The van der Waals surface area contributed by atoms with Gasteiger partial charge in [-0.3, -0.25) is 9.59 Å². The number of hydrogen-bond acceptors (Lipinski definition) is 10. The number of carbonyl (C=O) groups is 2. The van der Waals surface area contributed by atoms with Gasteiger partial charge in [0.1, 0.15) is 18.8 Å². The predicted molar refractivity (Wildman–Crippen MR) is 251 cm³/mol. The van der Waals surface area contributed by atoms with Crippen LogP contribution in [-0.4, -0.2) is 110 Å². The van der Waals surface area contributed by atoms with E-state index in [4.69, 9.17) is 37.9 Å². The van der Waals surface area contributed by atoms with Gasteiger partial charge in [0.2, 0.25) is 0 Å². The number of rotatable bonds is 52. The van der Waals surface area contributed by atoms with Crippen molar-refractivity contribution in [3.05, 3.63) is 0 Å². The molecule has 3 unspecified atom stereocenters. The maximum atomic E-state index is 12.5. The number of Topliss-reactive ketones (excluding diaryl/α,β-unsaturated/α-hetero) is 1. The number of unbranched alkanes of at least 4 members (excludes halogenated alkanes) is 16. The van der Waals surface area contributed by atoms with Crippen molar-refractivity contribution >= 4 is 11.8 Å². The number of ketones is 1. The van der Waals surface area contributed by atoms with Crippen LogP contribution in [0.1, 0.15) is 214 Å². The van der Waals surface area contributed by atoms with Crippen molar-refractivity contribution in [2.24, 2.45) is 5.92 Å². The molecule has 0 aromatic rings. The molecule has 0 saturated carbocycles. The molecule has 0 spiro atoms. The van der Waals surface area contributed by atoms with E-state index < -0.39 is 0 Å². The fraction of sp³-hybridized carbons (Fsp3) is 0.961. The van der Waals surface area contributed by atoms with Crippen LogP contribution in [0.2, 0.25) is 0 Å².